The van der Waals surface area contributed by atoms with Crippen molar-refractivity contribution in [3.05, 3.63) is 44.7 Å². The number of anilines is 1. The predicted molar refractivity (Wildman–Crippen MR) is 69.3 cm³/mol. The first kappa shape index (κ1) is 11.6. The van der Waals surface area contributed by atoms with Crippen molar-refractivity contribution in [3.8, 4) is 0 Å². The molecule has 84 valence electrons. The first-order valence-corrected chi connectivity index (χ1v) is 6.40. The highest BCUT2D eigenvalue weighted by Gasteiger charge is 2.12. The van der Waals surface area contributed by atoms with E-state index in [4.69, 9.17) is 5.73 Å². The molecule has 0 saturated carbocycles. The zero-order valence-corrected chi connectivity index (χ0v) is 10.8. The summed E-state index contributed by atoms with van der Waals surface area (Å²) in [5, 5.41) is 10.0. The molecule has 1 unspecified atom stereocenters. The van der Waals surface area contributed by atoms with Crippen LogP contribution in [0.1, 0.15) is 16.5 Å². The molecule has 5 heteroatoms. The molecule has 2 rings (SSSR count). The van der Waals surface area contributed by atoms with Gasteiger partial charge < -0.3 is 10.8 Å². The van der Waals surface area contributed by atoms with Gasteiger partial charge in [-0.15, -0.1) is 11.3 Å². The lowest BCUT2D eigenvalue weighted by Crippen LogP contribution is -2.03. The number of thiophene rings is 1. The number of hydrogen-bond donors (Lipinski definition) is 2. The summed E-state index contributed by atoms with van der Waals surface area (Å²) < 4.78 is 1.01. The molecular formula is C11H11BrN2OS. The van der Waals surface area contributed by atoms with Gasteiger partial charge in [-0.3, -0.25) is 0 Å². The molecule has 16 heavy (non-hydrogen) atoms. The van der Waals surface area contributed by atoms with Gasteiger partial charge in [0.05, 0.1) is 9.89 Å². The molecule has 0 aliphatic heterocycles. The normalized spacial score (nSPS) is 12.6. The van der Waals surface area contributed by atoms with Crippen LogP contribution in [0.25, 0.3) is 0 Å². The van der Waals surface area contributed by atoms with Crippen molar-refractivity contribution < 1.29 is 5.11 Å². The maximum Gasteiger partial charge on any atom is 0.126 e. The average molecular weight is 299 g/mol. The fraction of sp³-hybridized carbons (Fsp3) is 0.182. The van der Waals surface area contributed by atoms with Crippen LogP contribution in [0.3, 0.4) is 0 Å². The number of aliphatic hydroxyl groups excluding tert-OH is 1. The van der Waals surface area contributed by atoms with E-state index in [1.54, 1.807) is 6.20 Å². The van der Waals surface area contributed by atoms with Crippen molar-refractivity contribution in [2.45, 2.75) is 12.5 Å². The fourth-order valence-electron chi connectivity index (χ4n) is 1.44. The Kier molecular flexibility index (Phi) is 3.58. The van der Waals surface area contributed by atoms with E-state index in [2.05, 4.69) is 20.9 Å². The Bertz CT molecular complexity index is 486. The van der Waals surface area contributed by atoms with E-state index in [-0.39, 0.29) is 0 Å². The standard InChI is InChI=1S/C11H11BrN2OS/c12-10-4-3-9(16-10)8(15)6-7-2-1-5-14-11(7)13/h1-5,8,15H,6H2,(H2,13,14). The first-order chi connectivity index (χ1) is 7.66. The third kappa shape index (κ3) is 2.61. The molecule has 0 aliphatic carbocycles. The molecule has 3 N–H and O–H groups in total. The minimum absolute atomic E-state index is 0.483. The van der Waals surface area contributed by atoms with Crippen LogP contribution in [0.4, 0.5) is 5.82 Å². The quantitative estimate of drug-likeness (QED) is 0.916. The first-order valence-electron chi connectivity index (χ1n) is 4.79. The summed E-state index contributed by atoms with van der Waals surface area (Å²) in [6, 6.07) is 7.54. The van der Waals surface area contributed by atoms with Gasteiger partial charge in [0.2, 0.25) is 0 Å². The fourth-order valence-corrected chi connectivity index (χ4v) is 2.85. The van der Waals surface area contributed by atoms with Crippen molar-refractivity contribution in [2.24, 2.45) is 0 Å². The topological polar surface area (TPSA) is 59.1 Å². The van der Waals surface area contributed by atoms with E-state index in [0.29, 0.717) is 12.2 Å². The van der Waals surface area contributed by atoms with Crippen molar-refractivity contribution >= 4 is 33.1 Å². The predicted octanol–water partition coefficient (Wildman–Crippen LogP) is 2.76. The number of aromatic nitrogens is 1. The van der Waals surface area contributed by atoms with E-state index in [1.807, 2.05) is 24.3 Å². The minimum Gasteiger partial charge on any atom is -0.387 e. The van der Waals surface area contributed by atoms with E-state index in [1.165, 1.54) is 11.3 Å². The molecule has 0 spiro atoms. The molecule has 3 nitrogen and oxygen atoms in total. The highest BCUT2D eigenvalue weighted by Crippen LogP contribution is 2.29. The van der Waals surface area contributed by atoms with Gasteiger partial charge >= 0.3 is 0 Å². The van der Waals surface area contributed by atoms with Crippen molar-refractivity contribution in [1.82, 2.24) is 4.98 Å². The van der Waals surface area contributed by atoms with Gasteiger partial charge in [-0.1, -0.05) is 6.07 Å². The second kappa shape index (κ2) is 4.95. The highest BCUT2D eigenvalue weighted by atomic mass is 79.9. The Balaban J connectivity index is 2.13. The Morgan fingerprint density at radius 2 is 2.25 bits per heavy atom. The van der Waals surface area contributed by atoms with E-state index in [0.717, 1.165) is 14.2 Å². The van der Waals surface area contributed by atoms with Crippen LogP contribution < -0.4 is 5.73 Å². The molecule has 1 atom stereocenters. The molecule has 0 amide bonds. The lowest BCUT2D eigenvalue weighted by molar-refractivity contribution is 0.182. The summed E-state index contributed by atoms with van der Waals surface area (Å²) in [5.74, 6) is 0.483. The number of hydrogen-bond acceptors (Lipinski definition) is 4. The van der Waals surface area contributed by atoms with Crippen LogP contribution in [0.2, 0.25) is 0 Å². The zero-order chi connectivity index (χ0) is 11.5. The number of rotatable bonds is 3. The largest absolute Gasteiger partial charge is 0.387 e. The van der Waals surface area contributed by atoms with Crippen LogP contribution in [-0.2, 0) is 6.42 Å². The Morgan fingerprint density at radius 1 is 1.44 bits per heavy atom. The summed E-state index contributed by atoms with van der Waals surface area (Å²) >= 11 is 4.90. The second-order valence-corrected chi connectivity index (χ2v) is 5.90. The minimum atomic E-state index is -0.525. The van der Waals surface area contributed by atoms with Gasteiger partial charge in [-0.25, -0.2) is 4.98 Å². The molecule has 0 aromatic carbocycles. The van der Waals surface area contributed by atoms with Crippen LogP contribution in [0.15, 0.2) is 34.2 Å². The molecule has 2 heterocycles. The summed E-state index contributed by atoms with van der Waals surface area (Å²) in [7, 11) is 0. The number of nitrogens with two attached hydrogens (primary N) is 1. The van der Waals surface area contributed by atoms with Gasteiger partial charge in [0, 0.05) is 17.5 Å². The SMILES string of the molecule is Nc1ncccc1CC(O)c1ccc(Br)s1. The molecule has 0 fully saturated rings. The lowest BCUT2D eigenvalue weighted by Gasteiger charge is -2.09. The van der Waals surface area contributed by atoms with Crippen molar-refractivity contribution in [3.63, 3.8) is 0 Å². The summed E-state index contributed by atoms with van der Waals surface area (Å²) in [6.07, 6.45) is 1.61. The number of pyridine rings is 1. The van der Waals surface area contributed by atoms with E-state index >= 15 is 0 Å². The number of aliphatic hydroxyl groups is 1. The molecule has 0 aliphatic rings. The molecule has 0 radical (unpaired) electrons. The van der Waals surface area contributed by atoms with Gasteiger partial charge in [0.25, 0.3) is 0 Å². The van der Waals surface area contributed by atoms with Gasteiger partial charge in [-0.2, -0.15) is 0 Å². The van der Waals surface area contributed by atoms with Crippen LogP contribution >= 0.6 is 27.3 Å². The maximum absolute atomic E-state index is 10.0. The third-order valence-electron chi connectivity index (χ3n) is 2.26. The van der Waals surface area contributed by atoms with Crippen LogP contribution in [0.5, 0.6) is 0 Å². The lowest BCUT2D eigenvalue weighted by atomic mass is 10.1. The van der Waals surface area contributed by atoms with Crippen LogP contribution in [0, 0.1) is 0 Å². The molecule has 2 aromatic heterocycles. The number of nitrogens with zero attached hydrogens (tertiary/aromatic N) is 1. The summed E-state index contributed by atoms with van der Waals surface area (Å²) in [4.78, 5) is 4.92. The molecule has 0 bridgehead atoms. The maximum atomic E-state index is 10.0. The van der Waals surface area contributed by atoms with Gasteiger partial charge in [0.15, 0.2) is 0 Å². The van der Waals surface area contributed by atoms with E-state index < -0.39 is 6.10 Å². The Labute approximate surface area is 106 Å². The monoisotopic (exact) mass is 298 g/mol. The van der Waals surface area contributed by atoms with Crippen LogP contribution in [-0.4, -0.2) is 10.1 Å². The van der Waals surface area contributed by atoms with E-state index in [9.17, 15) is 5.11 Å². The molecule has 0 saturated heterocycles. The average Bonchev–Trinajstić information content (AvgIpc) is 2.68. The number of nitrogen functional groups attached to an aromatic ring is 1. The second-order valence-electron chi connectivity index (χ2n) is 3.41. The van der Waals surface area contributed by atoms with Crippen molar-refractivity contribution in [1.29, 1.82) is 0 Å². The summed E-state index contributed by atoms with van der Waals surface area (Å²) in [5.41, 5.74) is 6.60. The zero-order valence-electron chi connectivity index (χ0n) is 8.43. The van der Waals surface area contributed by atoms with Crippen molar-refractivity contribution in [2.75, 3.05) is 5.73 Å². The highest BCUT2D eigenvalue weighted by molar-refractivity contribution is 9.11. The molecular weight excluding hydrogens is 288 g/mol. The van der Waals surface area contributed by atoms with Gasteiger partial charge in [0.1, 0.15) is 5.82 Å². The Hall–Kier alpha value is -0.910. The summed E-state index contributed by atoms with van der Waals surface area (Å²) in [6.45, 7) is 0. The number of halogens is 1. The molecule has 2 aromatic rings. The smallest absolute Gasteiger partial charge is 0.126 e. The Morgan fingerprint density at radius 3 is 2.88 bits per heavy atom. The van der Waals surface area contributed by atoms with Gasteiger partial charge in [-0.05, 0) is 39.7 Å². The third-order valence-corrected chi connectivity index (χ3v) is 3.99.